The van der Waals surface area contributed by atoms with E-state index in [2.05, 4.69) is 5.32 Å². The fraction of sp³-hybridized carbons (Fsp3) is 1.00. The summed E-state index contributed by atoms with van der Waals surface area (Å²) in [6.45, 7) is 3.16. The average Bonchev–Trinajstić information content (AvgIpc) is 2.61. The van der Waals surface area contributed by atoms with E-state index in [1.54, 1.807) is 0 Å². The Morgan fingerprint density at radius 2 is 1.65 bits per heavy atom. The van der Waals surface area contributed by atoms with Gasteiger partial charge < -0.3 is 10.1 Å². The van der Waals surface area contributed by atoms with Gasteiger partial charge in [0.2, 0.25) is 0 Å². The molecule has 0 amide bonds. The fourth-order valence-electron chi connectivity index (χ4n) is 2.64. The quantitative estimate of drug-likeness (QED) is 0.490. The van der Waals surface area contributed by atoms with Crippen molar-refractivity contribution in [2.75, 3.05) is 26.8 Å². The summed E-state index contributed by atoms with van der Waals surface area (Å²) in [4.78, 5) is 0. The molecule has 1 aliphatic rings. The predicted octanol–water partition coefficient (Wildman–Crippen LogP) is 3.75. The first-order valence-corrected chi connectivity index (χ1v) is 7.66. The van der Waals surface area contributed by atoms with Crippen molar-refractivity contribution in [3.63, 3.8) is 0 Å². The van der Waals surface area contributed by atoms with Gasteiger partial charge in [-0.1, -0.05) is 38.5 Å². The molecule has 1 aliphatic carbocycles. The van der Waals surface area contributed by atoms with E-state index in [0.717, 1.165) is 25.7 Å². The monoisotopic (exact) mass is 241 g/mol. The Kier molecular flexibility index (Phi) is 9.72. The summed E-state index contributed by atoms with van der Waals surface area (Å²) < 4.78 is 5.82. The third-order valence-corrected chi connectivity index (χ3v) is 3.79. The zero-order valence-electron chi connectivity index (χ0n) is 11.7. The molecular formula is C15H31NO. The molecule has 0 aromatic rings. The summed E-state index contributed by atoms with van der Waals surface area (Å²) in [5, 5.41) is 3.19. The van der Waals surface area contributed by atoms with E-state index < -0.39 is 0 Å². The van der Waals surface area contributed by atoms with Crippen LogP contribution < -0.4 is 5.32 Å². The highest BCUT2D eigenvalue weighted by molar-refractivity contribution is 4.63. The normalized spacial score (nSPS) is 18.2. The van der Waals surface area contributed by atoms with Crippen molar-refractivity contribution in [1.82, 2.24) is 5.32 Å². The smallest absolute Gasteiger partial charge is 0.0494 e. The van der Waals surface area contributed by atoms with Gasteiger partial charge in [-0.3, -0.25) is 0 Å². The highest BCUT2D eigenvalue weighted by atomic mass is 16.5. The van der Waals surface area contributed by atoms with Crippen LogP contribution in [-0.4, -0.2) is 26.8 Å². The highest BCUT2D eigenvalue weighted by Gasteiger charge is 2.11. The fourth-order valence-corrected chi connectivity index (χ4v) is 2.64. The Bertz CT molecular complexity index is 153. The number of hydrogen-bond acceptors (Lipinski definition) is 2. The summed E-state index contributed by atoms with van der Waals surface area (Å²) in [6, 6.07) is 0. The van der Waals surface area contributed by atoms with Crippen molar-refractivity contribution in [3.8, 4) is 0 Å². The first-order valence-electron chi connectivity index (χ1n) is 7.66. The Labute approximate surface area is 108 Å². The first kappa shape index (κ1) is 15.0. The second-order valence-corrected chi connectivity index (χ2v) is 5.45. The number of nitrogens with one attached hydrogen (secondary N) is 1. The standard InChI is InChI=1S/C15H31NO/c1-16-12-8-4-5-9-13-17-14-15-10-6-2-3-7-11-15/h15-16H,2-14H2,1H3. The molecule has 1 N–H and O–H groups in total. The molecule has 0 heterocycles. The average molecular weight is 241 g/mol. The SMILES string of the molecule is CNCCCCCCOCC1CCCCCC1. The highest BCUT2D eigenvalue weighted by Crippen LogP contribution is 2.22. The molecule has 0 aromatic heterocycles. The maximum absolute atomic E-state index is 5.82. The van der Waals surface area contributed by atoms with Crippen LogP contribution in [0.1, 0.15) is 64.2 Å². The summed E-state index contributed by atoms with van der Waals surface area (Å²) in [6.07, 6.45) is 13.8. The first-order chi connectivity index (χ1) is 8.43. The number of unbranched alkanes of at least 4 members (excludes halogenated alkanes) is 3. The lowest BCUT2D eigenvalue weighted by Gasteiger charge is -2.14. The van der Waals surface area contributed by atoms with Gasteiger partial charge in [0, 0.05) is 13.2 Å². The van der Waals surface area contributed by atoms with Crippen molar-refractivity contribution in [2.45, 2.75) is 64.2 Å². The van der Waals surface area contributed by atoms with E-state index in [-0.39, 0.29) is 0 Å². The van der Waals surface area contributed by atoms with E-state index in [1.165, 1.54) is 64.2 Å². The van der Waals surface area contributed by atoms with E-state index in [9.17, 15) is 0 Å². The van der Waals surface area contributed by atoms with Crippen LogP contribution in [0.2, 0.25) is 0 Å². The third kappa shape index (κ3) is 8.62. The maximum atomic E-state index is 5.82. The van der Waals surface area contributed by atoms with E-state index in [0.29, 0.717) is 0 Å². The molecular weight excluding hydrogens is 210 g/mol. The number of hydrogen-bond donors (Lipinski definition) is 1. The summed E-state index contributed by atoms with van der Waals surface area (Å²) >= 11 is 0. The molecule has 17 heavy (non-hydrogen) atoms. The van der Waals surface area contributed by atoms with Crippen molar-refractivity contribution in [3.05, 3.63) is 0 Å². The molecule has 0 radical (unpaired) electrons. The van der Waals surface area contributed by atoms with Gasteiger partial charge in [-0.15, -0.1) is 0 Å². The van der Waals surface area contributed by atoms with Gasteiger partial charge in [0.25, 0.3) is 0 Å². The van der Waals surface area contributed by atoms with Crippen LogP contribution in [0.25, 0.3) is 0 Å². The van der Waals surface area contributed by atoms with E-state index in [4.69, 9.17) is 4.74 Å². The minimum atomic E-state index is 0.863. The molecule has 1 fully saturated rings. The Morgan fingerprint density at radius 3 is 2.35 bits per heavy atom. The van der Waals surface area contributed by atoms with Crippen LogP contribution >= 0.6 is 0 Å². The minimum absolute atomic E-state index is 0.863. The zero-order chi connectivity index (χ0) is 12.2. The molecule has 0 spiro atoms. The molecule has 0 unspecified atom stereocenters. The van der Waals surface area contributed by atoms with Crippen molar-refractivity contribution < 1.29 is 4.74 Å². The molecule has 0 aromatic carbocycles. The molecule has 2 heteroatoms. The second-order valence-electron chi connectivity index (χ2n) is 5.45. The molecule has 102 valence electrons. The Balaban J connectivity index is 1.82. The van der Waals surface area contributed by atoms with Gasteiger partial charge in [-0.25, -0.2) is 0 Å². The summed E-state index contributed by atoms with van der Waals surface area (Å²) in [5.41, 5.74) is 0. The van der Waals surface area contributed by atoms with Crippen LogP contribution in [0.4, 0.5) is 0 Å². The zero-order valence-corrected chi connectivity index (χ0v) is 11.7. The van der Waals surface area contributed by atoms with Crippen LogP contribution in [-0.2, 0) is 4.74 Å². The lowest BCUT2D eigenvalue weighted by Crippen LogP contribution is -2.10. The number of rotatable bonds is 9. The van der Waals surface area contributed by atoms with Gasteiger partial charge in [0.15, 0.2) is 0 Å². The van der Waals surface area contributed by atoms with Crippen LogP contribution in [0.5, 0.6) is 0 Å². The van der Waals surface area contributed by atoms with E-state index >= 15 is 0 Å². The summed E-state index contributed by atoms with van der Waals surface area (Å²) in [5.74, 6) is 0.863. The van der Waals surface area contributed by atoms with Crippen molar-refractivity contribution >= 4 is 0 Å². The Hall–Kier alpha value is -0.0800. The minimum Gasteiger partial charge on any atom is -0.381 e. The molecule has 0 bridgehead atoms. The van der Waals surface area contributed by atoms with Gasteiger partial charge in [-0.2, -0.15) is 0 Å². The molecule has 0 aliphatic heterocycles. The maximum Gasteiger partial charge on any atom is 0.0494 e. The van der Waals surface area contributed by atoms with Crippen LogP contribution in [0.15, 0.2) is 0 Å². The van der Waals surface area contributed by atoms with Gasteiger partial charge in [0.1, 0.15) is 0 Å². The van der Waals surface area contributed by atoms with Gasteiger partial charge >= 0.3 is 0 Å². The molecule has 1 rings (SSSR count). The Morgan fingerprint density at radius 1 is 0.941 bits per heavy atom. The molecule has 1 saturated carbocycles. The topological polar surface area (TPSA) is 21.3 Å². The lowest BCUT2D eigenvalue weighted by molar-refractivity contribution is 0.0907. The number of ether oxygens (including phenoxy) is 1. The molecule has 0 atom stereocenters. The second kappa shape index (κ2) is 11.0. The summed E-state index contributed by atoms with van der Waals surface area (Å²) in [7, 11) is 2.02. The van der Waals surface area contributed by atoms with Crippen LogP contribution in [0.3, 0.4) is 0 Å². The van der Waals surface area contributed by atoms with Gasteiger partial charge in [-0.05, 0) is 45.2 Å². The lowest BCUT2D eigenvalue weighted by atomic mass is 10.0. The van der Waals surface area contributed by atoms with Crippen molar-refractivity contribution in [1.29, 1.82) is 0 Å². The predicted molar refractivity (Wildman–Crippen MR) is 74.4 cm³/mol. The van der Waals surface area contributed by atoms with Crippen molar-refractivity contribution in [2.24, 2.45) is 5.92 Å². The third-order valence-electron chi connectivity index (χ3n) is 3.79. The largest absolute Gasteiger partial charge is 0.381 e. The van der Waals surface area contributed by atoms with Gasteiger partial charge in [0.05, 0.1) is 0 Å². The van der Waals surface area contributed by atoms with E-state index in [1.807, 2.05) is 7.05 Å². The van der Waals surface area contributed by atoms with Crippen LogP contribution in [0, 0.1) is 5.92 Å². The molecule has 2 nitrogen and oxygen atoms in total. The molecule has 0 saturated heterocycles.